The molecule has 52 valence electrons. The normalized spacial score (nSPS) is 9.20. The van der Waals surface area contributed by atoms with Crippen molar-refractivity contribution in [3.8, 4) is 0 Å². The smallest absolute Gasteiger partial charge is 0.133 e. The number of benzene rings is 1. The van der Waals surface area contributed by atoms with Crippen LogP contribution in [0, 0.1) is 0 Å². The van der Waals surface area contributed by atoms with Crippen molar-refractivity contribution in [3.63, 3.8) is 0 Å². The second-order valence-corrected chi connectivity index (χ2v) is 1.96. The van der Waals surface area contributed by atoms with E-state index in [0.717, 1.165) is 11.0 Å². The molecule has 0 saturated heterocycles. The van der Waals surface area contributed by atoms with E-state index < -0.39 is 0 Å². The Morgan fingerprint density at radius 1 is 1.00 bits per heavy atom. The zero-order valence-corrected chi connectivity index (χ0v) is 6.37. The zero-order valence-electron chi connectivity index (χ0n) is 5.37. The van der Waals surface area contributed by atoms with E-state index in [-0.39, 0.29) is 13.5 Å². The Hall–Kier alpha value is -0.890. The fraction of sp³-hybridized carbons (Fsp3) is 0. The largest absolute Gasteiger partial charge is 0.464 e. The van der Waals surface area contributed by atoms with Gasteiger partial charge in [0.05, 0.1) is 6.26 Å². The van der Waals surface area contributed by atoms with Crippen LogP contribution in [0.3, 0.4) is 0 Å². The monoisotopic (exact) mass is 152 g/mol. The molecule has 0 aliphatic rings. The molecule has 0 radical (unpaired) electrons. The van der Waals surface area contributed by atoms with Gasteiger partial charge in [-0.1, -0.05) is 18.2 Å². The maximum Gasteiger partial charge on any atom is 0.133 e. The molecular formula is C8H8OS. The van der Waals surface area contributed by atoms with Gasteiger partial charge in [-0.15, -0.1) is 0 Å². The number of hydrogen-bond acceptors (Lipinski definition) is 1. The lowest BCUT2D eigenvalue weighted by molar-refractivity contribution is 0.616. The third-order valence-electron chi connectivity index (χ3n) is 1.36. The molecule has 0 amide bonds. The number of para-hydroxylation sites is 1. The molecule has 2 aromatic rings. The minimum atomic E-state index is 0. The highest BCUT2D eigenvalue weighted by molar-refractivity contribution is 7.59. The Kier molecular flexibility index (Phi) is 2.02. The summed E-state index contributed by atoms with van der Waals surface area (Å²) in [5, 5.41) is 1.16. The van der Waals surface area contributed by atoms with Crippen LogP contribution in [0.4, 0.5) is 0 Å². The summed E-state index contributed by atoms with van der Waals surface area (Å²) in [5.74, 6) is 0. The topological polar surface area (TPSA) is 13.1 Å². The summed E-state index contributed by atoms with van der Waals surface area (Å²) in [4.78, 5) is 0. The minimum absolute atomic E-state index is 0. The Morgan fingerprint density at radius 3 is 2.60 bits per heavy atom. The van der Waals surface area contributed by atoms with Crippen molar-refractivity contribution >= 4 is 24.5 Å². The summed E-state index contributed by atoms with van der Waals surface area (Å²) in [6.07, 6.45) is 1.70. The first kappa shape index (κ1) is 7.22. The molecule has 1 heterocycles. The van der Waals surface area contributed by atoms with Crippen molar-refractivity contribution in [2.75, 3.05) is 0 Å². The molecule has 0 saturated carbocycles. The van der Waals surface area contributed by atoms with Gasteiger partial charge in [0.25, 0.3) is 0 Å². The Bertz CT molecular complexity index is 283. The number of hydrogen-bond donors (Lipinski definition) is 0. The zero-order chi connectivity index (χ0) is 6.10. The van der Waals surface area contributed by atoms with Gasteiger partial charge >= 0.3 is 0 Å². The van der Waals surface area contributed by atoms with Gasteiger partial charge in [-0.05, 0) is 12.1 Å². The van der Waals surface area contributed by atoms with E-state index in [9.17, 15) is 0 Å². The first-order chi connectivity index (χ1) is 4.47. The number of fused-ring (bicyclic) bond motifs is 1. The molecule has 1 aromatic heterocycles. The van der Waals surface area contributed by atoms with E-state index in [1.54, 1.807) is 6.26 Å². The van der Waals surface area contributed by atoms with E-state index in [1.807, 2.05) is 30.3 Å². The minimum Gasteiger partial charge on any atom is -0.464 e. The summed E-state index contributed by atoms with van der Waals surface area (Å²) >= 11 is 0. The molecule has 2 heteroatoms. The fourth-order valence-electron chi connectivity index (χ4n) is 0.906. The quantitative estimate of drug-likeness (QED) is 0.565. The lowest BCUT2D eigenvalue weighted by atomic mass is 10.3. The average molecular weight is 152 g/mol. The second kappa shape index (κ2) is 2.80. The van der Waals surface area contributed by atoms with Crippen LogP contribution in [0.15, 0.2) is 41.0 Å². The third kappa shape index (κ3) is 1.02. The summed E-state index contributed by atoms with van der Waals surface area (Å²) in [7, 11) is 0. The first-order valence-electron chi connectivity index (χ1n) is 2.89. The van der Waals surface area contributed by atoms with Gasteiger partial charge in [-0.25, -0.2) is 0 Å². The van der Waals surface area contributed by atoms with E-state index >= 15 is 0 Å². The molecule has 0 aliphatic carbocycles. The molecule has 1 nitrogen and oxygen atoms in total. The SMILES string of the molecule is S.c1ccc2occc2c1. The summed E-state index contributed by atoms with van der Waals surface area (Å²) < 4.78 is 5.12. The summed E-state index contributed by atoms with van der Waals surface area (Å²) in [6, 6.07) is 9.90. The number of rotatable bonds is 0. The molecule has 0 aliphatic heterocycles. The Balaban J connectivity index is 0.000000500. The molecule has 0 spiro atoms. The maximum absolute atomic E-state index is 5.12. The van der Waals surface area contributed by atoms with Gasteiger partial charge in [0, 0.05) is 5.39 Å². The predicted molar refractivity (Wildman–Crippen MR) is 46.6 cm³/mol. The molecule has 0 N–H and O–H groups in total. The highest BCUT2D eigenvalue weighted by Crippen LogP contribution is 2.12. The van der Waals surface area contributed by atoms with Crippen molar-refractivity contribution in [1.82, 2.24) is 0 Å². The van der Waals surface area contributed by atoms with Crippen LogP contribution >= 0.6 is 13.5 Å². The lowest BCUT2D eigenvalue weighted by Gasteiger charge is -1.81. The maximum atomic E-state index is 5.12. The van der Waals surface area contributed by atoms with Crippen LogP contribution < -0.4 is 0 Å². The molecule has 0 fully saturated rings. The predicted octanol–water partition coefficient (Wildman–Crippen LogP) is 2.55. The van der Waals surface area contributed by atoms with Crippen molar-refractivity contribution in [3.05, 3.63) is 36.6 Å². The molecule has 1 aromatic carbocycles. The Morgan fingerprint density at radius 2 is 1.80 bits per heavy atom. The molecular weight excluding hydrogens is 144 g/mol. The van der Waals surface area contributed by atoms with Crippen LogP contribution in [0.2, 0.25) is 0 Å². The van der Waals surface area contributed by atoms with Crippen LogP contribution in [-0.4, -0.2) is 0 Å². The van der Waals surface area contributed by atoms with Gasteiger partial charge in [0.2, 0.25) is 0 Å². The van der Waals surface area contributed by atoms with Crippen LogP contribution in [0.5, 0.6) is 0 Å². The van der Waals surface area contributed by atoms with Crippen LogP contribution in [0.1, 0.15) is 0 Å². The molecule has 2 rings (SSSR count). The van der Waals surface area contributed by atoms with E-state index in [4.69, 9.17) is 4.42 Å². The molecule has 10 heavy (non-hydrogen) atoms. The molecule has 0 bridgehead atoms. The van der Waals surface area contributed by atoms with Gasteiger partial charge in [0.1, 0.15) is 5.58 Å². The summed E-state index contributed by atoms with van der Waals surface area (Å²) in [5.41, 5.74) is 0.956. The lowest BCUT2D eigenvalue weighted by Crippen LogP contribution is -1.57. The van der Waals surface area contributed by atoms with Crippen LogP contribution in [-0.2, 0) is 0 Å². The average Bonchev–Trinajstić information content (AvgIpc) is 2.33. The van der Waals surface area contributed by atoms with E-state index in [0.29, 0.717) is 0 Å². The van der Waals surface area contributed by atoms with Gasteiger partial charge in [-0.3, -0.25) is 0 Å². The first-order valence-corrected chi connectivity index (χ1v) is 2.89. The Labute approximate surface area is 66.1 Å². The van der Waals surface area contributed by atoms with Gasteiger partial charge in [-0.2, -0.15) is 13.5 Å². The highest BCUT2D eigenvalue weighted by Gasteiger charge is 1.89. The van der Waals surface area contributed by atoms with Gasteiger partial charge in [0.15, 0.2) is 0 Å². The van der Waals surface area contributed by atoms with Crippen molar-refractivity contribution in [2.24, 2.45) is 0 Å². The van der Waals surface area contributed by atoms with Crippen molar-refractivity contribution < 1.29 is 4.42 Å². The number of furan rings is 1. The fourth-order valence-corrected chi connectivity index (χ4v) is 0.906. The highest BCUT2D eigenvalue weighted by atomic mass is 32.1. The standard InChI is InChI=1S/C8H6O.H2S/c1-2-4-8-7(3-1)5-6-9-8;/h1-6H;1H2. The van der Waals surface area contributed by atoms with Crippen LogP contribution in [0.25, 0.3) is 11.0 Å². The summed E-state index contributed by atoms with van der Waals surface area (Å²) in [6.45, 7) is 0. The second-order valence-electron chi connectivity index (χ2n) is 1.96. The van der Waals surface area contributed by atoms with Gasteiger partial charge < -0.3 is 4.42 Å². The van der Waals surface area contributed by atoms with E-state index in [2.05, 4.69) is 0 Å². The van der Waals surface area contributed by atoms with E-state index in [1.165, 1.54) is 0 Å². The van der Waals surface area contributed by atoms with Crippen molar-refractivity contribution in [1.29, 1.82) is 0 Å². The van der Waals surface area contributed by atoms with Crippen molar-refractivity contribution in [2.45, 2.75) is 0 Å². The molecule has 0 atom stereocenters. The molecule has 0 unspecified atom stereocenters. The third-order valence-corrected chi connectivity index (χ3v) is 1.36.